The molecule has 0 aliphatic heterocycles. The topological polar surface area (TPSA) is 21.3 Å². The minimum absolute atomic E-state index is 0.559. The summed E-state index contributed by atoms with van der Waals surface area (Å²) in [5.41, 5.74) is 1.22. The van der Waals surface area contributed by atoms with E-state index >= 15 is 0 Å². The highest BCUT2D eigenvalue weighted by Gasteiger charge is 2.06. The summed E-state index contributed by atoms with van der Waals surface area (Å²) in [5.74, 6) is 0.955. The SMILES string of the molecule is C=CCOc1ccccc1CNC(CC)CCC. The van der Waals surface area contributed by atoms with Crippen molar-refractivity contribution in [2.24, 2.45) is 0 Å². The lowest BCUT2D eigenvalue weighted by Gasteiger charge is -2.17. The number of rotatable bonds is 9. The number of hydrogen-bond acceptors (Lipinski definition) is 2. The predicted octanol–water partition coefficient (Wildman–Crippen LogP) is 3.92. The summed E-state index contributed by atoms with van der Waals surface area (Å²) in [5, 5.41) is 3.60. The van der Waals surface area contributed by atoms with E-state index in [1.807, 2.05) is 12.1 Å². The second-order valence-corrected chi connectivity index (χ2v) is 4.48. The Morgan fingerprint density at radius 1 is 1.33 bits per heavy atom. The Bertz CT molecular complexity index is 349. The van der Waals surface area contributed by atoms with Crippen LogP contribution in [0.4, 0.5) is 0 Å². The molecule has 1 aromatic rings. The van der Waals surface area contributed by atoms with Crippen LogP contribution < -0.4 is 10.1 Å². The molecule has 0 amide bonds. The Morgan fingerprint density at radius 3 is 2.78 bits per heavy atom. The third kappa shape index (κ3) is 4.92. The van der Waals surface area contributed by atoms with Gasteiger partial charge in [0.05, 0.1) is 0 Å². The van der Waals surface area contributed by atoms with Gasteiger partial charge in [0, 0.05) is 18.2 Å². The van der Waals surface area contributed by atoms with Crippen molar-refractivity contribution in [1.29, 1.82) is 0 Å². The van der Waals surface area contributed by atoms with E-state index in [-0.39, 0.29) is 0 Å². The quantitative estimate of drug-likeness (QED) is 0.668. The normalized spacial score (nSPS) is 12.1. The van der Waals surface area contributed by atoms with Crippen molar-refractivity contribution in [3.8, 4) is 5.75 Å². The zero-order valence-corrected chi connectivity index (χ0v) is 11.6. The number of nitrogens with one attached hydrogen (secondary N) is 1. The zero-order valence-electron chi connectivity index (χ0n) is 11.6. The van der Waals surface area contributed by atoms with E-state index in [0.717, 1.165) is 12.3 Å². The molecule has 0 saturated carbocycles. The van der Waals surface area contributed by atoms with Crippen molar-refractivity contribution < 1.29 is 4.74 Å². The number of benzene rings is 1. The lowest BCUT2D eigenvalue weighted by molar-refractivity contribution is 0.355. The molecule has 0 aliphatic rings. The average Bonchev–Trinajstić information content (AvgIpc) is 2.42. The van der Waals surface area contributed by atoms with E-state index in [1.165, 1.54) is 24.8 Å². The Kier molecular flexibility index (Phi) is 7.19. The van der Waals surface area contributed by atoms with Crippen LogP contribution in [0.5, 0.6) is 5.75 Å². The summed E-state index contributed by atoms with van der Waals surface area (Å²) in [6.07, 6.45) is 5.39. The molecule has 0 aromatic heterocycles. The van der Waals surface area contributed by atoms with E-state index in [2.05, 4.69) is 37.9 Å². The summed E-state index contributed by atoms with van der Waals surface area (Å²) >= 11 is 0. The fourth-order valence-corrected chi connectivity index (χ4v) is 1.99. The molecular formula is C16H25NO. The molecule has 0 bridgehead atoms. The molecule has 0 spiro atoms. The van der Waals surface area contributed by atoms with Crippen molar-refractivity contribution in [2.45, 2.75) is 45.7 Å². The molecule has 100 valence electrons. The number of para-hydroxylation sites is 1. The molecule has 0 fully saturated rings. The second kappa shape index (κ2) is 8.76. The zero-order chi connectivity index (χ0) is 13.2. The summed E-state index contributed by atoms with van der Waals surface area (Å²) in [7, 11) is 0. The first-order valence-electron chi connectivity index (χ1n) is 6.86. The Hall–Kier alpha value is -1.28. The van der Waals surface area contributed by atoms with Crippen LogP contribution in [0.15, 0.2) is 36.9 Å². The van der Waals surface area contributed by atoms with Crippen LogP contribution in [-0.4, -0.2) is 12.6 Å². The van der Waals surface area contributed by atoms with Crippen molar-refractivity contribution in [2.75, 3.05) is 6.61 Å². The smallest absolute Gasteiger partial charge is 0.124 e. The molecule has 0 heterocycles. The van der Waals surface area contributed by atoms with Crippen molar-refractivity contribution in [3.63, 3.8) is 0 Å². The van der Waals surface area contributed by atoms with Gasteiger partial charge in [0.1, 0.15) is 12.4 Å². The minimum Gasteiger partial charge on any atom is -0.489 e. The molecule has 1 unspecified atom stereocenters. The molecule has 0 aliphatic carbocycles. The first-order chi connectivity index (χ1) is 8.81. The van der Waals surface area contributed by atoms with Gasteiger partial charge >= 0.3 is 0 Å². The maximum atomic E-state index is 5.65. The van der Waals surface area contributed by atoms with E-state index in [1.54, 1.807) is 6.08 Å². The van der Waals surface area contributed by atoms with Gasteiger partial charge in [-0.2, -0.15) is 0 Å². The molecule has 18 heavy (non-hydrogen) atoms. The van der Waals surface area contributed by atoms with E-state index in [4.69, 9.17) is 4.74 Å². The van der Waals surface area contributed by atoms with Gasteiger partial charge in [-0.05, 0) is 18.9 Å². The summed E-state index contributed by atoms with van der Waals surface area (Å²) in [6, 6.07) is 8.79. The van der Waals surface area contributed by atoms with Crippen molar-refractivity contribution in [1.82, 2.24) is 5.32 Å². The molecule has 2 nitrogen and oxygen atoms in total. The largest absolute Gasteiger partial charge is 0.489 e. The molecule has 2 heteroatoms. The van der Waals surface area contributed by atoms with Crippen LogP contribution in [0.25, 0.3) is 0 Å². The number of hydrogen-bond donors (Lipinski definition) is 1. The maximum absolute atomic E-state index is 5.65. The fourth-order valence-electron chi connectivity index (χ4n) is 1.99. The first-order valence-corrected chi connectivity index (χ1v) is 6.86. The van der Waals surface area contributed by atoms with Gasteiger partial charge in [0.25, 0.3) is 0 Å². The fraction of sp³-hybridized carbons (Fsp3) is 0.500. The van der Waals surface area contributed by atoms with Crippen molar-refractivity contribution >= 4 is 0 Å². The van der Waals surface area contributed by atoms with Gasteiger partial charge in [-0.15, -0.1) is 0 Å². The van der Waals surface area contributed by atoms with E-state index in [9.17, 15) is 0 Å². The Morgan fingerprint density at radius 2 is 2.11 bits per heavy atom. The average molecular weight is 247 g/mol. The van der Waals surface area contributed by atoms with Crippen LogP contribution in [-0.2, 0) is 6.54 Å². The van der Waals surface area contributed by atoms with Gasteiger partial charge < -0.3 is 10.1 Å². The van der Waals surface area contributed by atoms with Crippen molar-refractivity contribution in [3.05, 3.63) is 42.5 Å². The molecule has 1 rings (SSSR count). The van der Waals surface area contributed by atoms with Crippen LogP contribution in [0.2, 0.25) is 0 Å². The predicted molar refractivity (Wildman–Crippen MR) is 78.0 cm³/mol. The highest BCUT2D eigenvalue weighted by Crippen LogP contribution is 2.18. The van der Waals surface area contributed by atoms with Gasteiger partial charge in [-0.25, -0.2) is 0 Å². The summed E-state index contributed by atoms with van der Waals surface area (Å²) in [4.78, 5) is 0. The molecule has 1 N–H and O–H groups in total. The van der Waals surface area contributed by atoms with Crippen LogP contribution in [0.3, 0.4) is 0 Å². The highest BCUT2D eigenvalue weighted by atomic mass is 16.5. The minimum atomic E-state index is 0.559. The standard InChI is InChI=1S/C16H25NO/c1-4-9-15(6-3)17-13-14-10-7-8-11-16(14)18-12-5-2/h5,7-8,10-11,15,17H,2,4,6,9,12-13H2,1,3H3. The van der Waals surface area contributed by atoms with E-state index in [0.29, 0.717) is 12.6 Å². The van der Waals surface area contributed by atoms with Gasteiger partial charge in [0.2, 0.25) is 0 Å². The Labute approximate surface area is 111 Å². The molecule has 1 aromatic carbocycles. The lowest BCUT2D eigenvalue weighted by Crippen LogP contribution is -2.27. The van der Waals surface area contributed by atoms with Gasteiger partial charge in [-0.1, -0.05) is 51.1 Å². The van der Waals surface area contributed by atoms with Gasteiger partial charge in [0.15, 0.2) is 0 Å². The monoisotopic (exact) mass is 247 g/mol. The maximum Gasteiger partial charge on any atom is 0.124 e. The lowest BCUT2D eigenvalue weighted by atomic mass is 10.1. The molecule has 1 atom stereocenters. The Balaban J connectivity index is 2.56. The van der Waals surface area contributed by atoms with Crippen LogP contribution >= 0.6 is 0 Å². The molecule has 0 radical (unpaired) electrons. The molecule has 0 saturated heterocycles. The summed E-state index contributed by atoms with van der Waals surface area (Å²) in [6.45, 7) is 9.56. The highest BCUT2D eigenvalue weighted by molar-refractivity contribution is 5.33. The molecular weight excluding hydrogens is 222 g/mol. The first kappa shape index (κ1) is 14.8. The van der Waals surface area contributed by atoms with Crippen LogP contribution in [0.1, 0.15) is 38.7 Å². The van der Waals surface area contributed by atoms with Crippen LogP contribution in [0, 0.1) is 0 Å². The number of ether oxygens (including phenoxy) is 1. The van der Waals surface area contributed by atoms with Gasteiger partial charge in [-0.3, -0.25) is 0 Å². The van der Waals surface area contributed by atoms with E-state index < -0.39 is 0 Å². The third-order valence-corrected chi connectivity index (χ3v) is 3.04. The summed E-state index contributed by atoms with van der Waals surface area (Å²) < 4.78 is 5.65. The second-order valence-electron chi connectivity index (χ2n) is 4.48. The third-order valence-electron chi connectivity index (χ3n) is 3.04.